The number of nitrogens with one attached hydrogen (secondary N) is 2. The van der Waals surface area contributed by atoms with Crippen molar-refractivity contribution in [2.24, 2.45) is 0 Å². The van der Waals surface area contributed by atoms with E-state index in [1.54, 1.807) is 31.5 Å². The van der Waals surface area contributed by atoms with Crippen molar-refractivity contribution in [3.8, 4) is 5.75 Å². The molecule has 0 bridgehead atoms. The fourth-order valence-corrected chi connectivity index (χ4v) is 4.37. The summed E-state index contributed by atoms with van der Waals surface area (Å²) in [4.78, 5) is 11.9. The standard InChI is InChI=1S/C23H23FN4O3S/c1-2-11-32(29,30)31-20-7-3-5-17(22(20)24)14-27-21-9-8-16(13-26-21)12-18-15-28-23-19(18)6-4-10-25-23/h3-10,13,15H,2,11-12,14H2,1H3,(H,25,28)(H,26,27). The summed E-state index contributed by atoms with van der Waals surface area (Å²) in [6.45, 7) is 1.85. The zero-order valence-corrected chi connectivity index (χ0v) is 18.3. The van der Waals surface area contributed by atoms with Crippen LogP contribution in [0.3, 0.4) is 0 Å². The van der Waals surface area contributed by atoms with Gasteiger partial charge in [0.15, 0.2) is 11.6 Å². The molecule has 3 aromatic heterocycles. The molecule has 0 radical (unpaired) electrons. The van der Waals surface area contributed by atoms with Crippen molar-refractivity contribution in [2.75, 3.05) is 11.1 Å². The molecule has 0 aliphatic carbocycles. The average Bonchev–Trinajstić information content (AvgIpc) is 3.18. The Morgan fingerprint density at radius 2 is 1.97 bits per heavy atom. The molecule has 1 aromatic carbocycles. The summed E-state index contributed by atoms with van der Waals surface area (Å²) < 4.78 is 43.3. The van der Waals surface area contributed by atoms with Crippen LogP contribution in [-0.2, 0) is 23.1 Å². The normalized spacial score (nSPS) is 11.6. The van der Waals surface area contributed by atoms with Crippen LogP contribution in [0.25, 0.3) is 11.0 Å². The second kappa shape index (κ2) is 9.35. The number of nitrogens with zero attached hydrogens (tertiary/aromatic N) is 2. The zero-order chi connectivity index (χ0) is 22.6. The number of pyridine rings is 2. The second-order valence-electron chi connectivity index (χ2n) is 7.37. The van der Waals surface area contributed by atoms with Crippen molar-refractivity contribution >= 4 is 27.0 Å². The van der Waals surface area contributed by atoms with E-state index in [1.807, 2.05) is 30.5 Å². The van der Waals surface area contributed by atoms with E-state index >= 15 is 0 Å². The van der Waals surface area contributed by atoms with E-state index in [0.29, 0.717) is 18.7 Å². The van der Waals surface area contributed by atoms with E-state index in [4.69, 9.17) is 4.18 Å². The quantitative estimate of drug-likeness (QED) is 0.364. The molecule has 2 N–H and O–H groups in total. The summed E-state index contributed by atoms with van der Waals surface area (Å²) in [6.07, 6.45) is 6.57. The molecule has 4 aromatic rings. The van der Waals surface area contributed by atoms with Gasteiger partial charge in [-0.3, -0.25) is 0 Å². The summed E-state index contributed by atoms with van der Waals surface area (Å²) in [5.41, 5.74) is 3.30. The Balaban J connectivity index is 1.41. The molecular formula is C23H23FN4O3S. The molecule has 0 saturated heterocycles. The minimum Gasteiger partial charge on any atom is -0.379 e. The Bertz CT molecular complexity index is 1320. The highest BCUT2D eigenvalue weighted by Crippen LogP contribution is 2.23. The first-order chi connectivity index (χ1) is 15.4. The molecule has 0 spiro atoms. The van der Waals surface area contributed by atoms with Crippen molar-refractivity contribution in [1.82, 2.24) is 15.0 Å². The summed E-state index contributed by atoms with van der Waals surface area (Å²) in [6, 6.07) is 12.1. The van der Waals surface area contributed by atoms with Gasteiger partial charge in [-0.15, -0.1) is 0 Å². The molecule has 0 aliphatic rings. The van der Waals surface area contributed by atoms with Crippen LogP contribution in [0.2, 0.25) is 0 Å². The van der Waals surface area contributed by atoms with Gasteiger partial charge in [0, 0.05) is 42.5 Å². The lowest BCUT2D eigenvalue weighted by atomic mass is 10.1. The number of anilines is 1. The molecule has 32 heavy (non-hydrogen) atoms. The zero-order valence-electron chi connectivity index (χ0n) is 17.5. The van der Waals surface area contributed by atoms with Gasteiger partial charge >= 0.3 is 10.1 Å². The van der Waals surface area contributed by atoms with Crippen molar-refractivity contribution in [3.63, 3.8) is 0 Å². The molecule has 0 amide bonds. The molecule has 0 saturated carbocycles. The molecule has 3 heterocycles. The third-order valence-corrected chi connectivity index (χ3v) is 6.27. The fraction of sp³-hybridized carbons (Fsp3) is 0.217. The summed E-state index contributed by atoms with van der Waals surface area (Å²) >= 11 is 0. The Kier molecular flexibility index (Phi) is 6.36. The van der Waals surface area contributed by atoms with Crippen LogP contribution < -0.4 is 9.50 Å². The SMILES string of the molecule is CCCS(=O)(=O)Oc1cccc(CNc2ccc(Cc3c[nH]c4ncccc34)cn2)c1F. The van der Waals surface area contributed by atoms with Gasteiger partial charge in [-0.2, -0.15) is 8.42 Å². The number of aromatic amines is 1. The van der Waals surface area contributed by atoms with Crippen molar-refractivity contribution in [2.45, 2.75) is 26.3 Å². The molecule has 0 aliphatic heterocycles. The van der Waals surface area contributed by atoms with Crippen LogP contribution in [0.4, 0.5) is 10.2 Å². The van der Waals surface area contributed by atoms with Gasteiger partial charge in [-0.25, -0.2) is 14.4 Å². The summed E-state index contributed by atoms with van der Waals surface area (Å²) in [7, 11) is -3.81. The molecular weight excluding hydrogens is 431 g/mol. The predicted molar refractivity (Wildman–Crippen MR) is 122 cm³/mol. The minimum absolute atomic E-state index is 0.136. The molecule has 4 rings (SSSR count). The number of fused-ring (bicyclic) bond motifs is 1. The number of halogens is 1. The van der Waals surface area contributed by atoms with Gasteiger partial charge in [0.2, 0.25) is 0 Å². The predicted octanol–water partition coefficient (Wildman–Crippen LogP) is 4.42. The summed E-state index contributed by atoms with van der Waals surface area (Å²) in [5, 5.41) is 4.14. The van der Waals surface area contributed by atoms with Crippen molar-refractivity contribution < 1.29 is 17.0 Å². The smallest absolute Gasteiger partial charge is 0.309 e. The van der Waals surface area contributed by atoms with Crippen LogP contribution >= 0.6 is 0 Å². The van der Waals surface area contributed by atoms with Crippen LogP contribution in [0.1, 0.15) is 30.0 Å². The molecule has 166 valence electrons. The van der Waals surface area contributed by atoms with E-state index in [9.17, 15) is 12.8 Å². The number of hydrogen-bond donors (Lipinski definition) is 2. The van der Waals surface area contributed by atoms with Gasteiger partial charge < -0.3 is 14.5 Å². The van der Waals surface area contributed by atoms with E-state index in [0.717, 1.165) is 22.2 Å². The number of H-pyrrole nitrogens is 1. The maximum Gasteiger partial charge on any atom is 0.309 e. The Morgan fingerprint density at radius 3 is 2.75 bits per heavy atom. The highest BCUT2D eigenvalue weighted by atomic mass is 32.2. The Labute approximate surface area is 185 Å². The first-order valence-electron chi connectivity index (χ1n) is 10.2. The highest BCUT2D eigenvalue weighted by Gasteiger charge is 2.17. The fourth-order valence-electron chi connectivity index (χ4n) is 3.38. The van der Waals surface area contributed by atoms with E-state index in [2.05, 4.69) is 20.3 Å². The van der Waals surface area contributed by atoms with Crippen LogP contribution in [0.15, 0.2) is 61.1 Å². The van der Waals surface area contributed by atoms with E-state index in [-0.39, 0.29) is 23.6 Å². The molecule has 0 unspecified atom stereocenters. The topological polar surface area (TPSA) is 97.0 Å². The molecule has 0 atom stereocenters. The Morgan fingerprint density at radius 1 is 1.09 bits per heavy atom. The lowest BCUT2D eigenvalue weighted by Crippen LogP contribution is -2.14. The van der Waals surface area contributed by atoms with Crippen molar-refractivity contribution in [3.05, 3.63) is 83.6 Å². The third kappa shape index (κ3) is 5.05. The maximum absolute atomic E-state index is 14.7. The highest BCUT2D eigenvalue weighted by molar-refractivity contribution is 7.87. The largest absolute Gasteiger partial charge is 0.379 e. The number of rotatable bonds is 9. The van der Waals surface area contributed by atoms with Gasteiger partial charge in [0.1, 0.15) is 11.5 Å². The van der Waals surface area contributed by atoms with Crippen LogP contribution in [0, 0.1) is 5.82 Å². The lowest BCUT2D eigenvalue weighted by molar-refractivity contribution is 0.458. The third-order valence-electron chi connectivity index (χ3n) is 4.93. The minimum atomic E-state index is -3.81. The maximum atomic E-state index is 14.7. The number of aromatic nitrogens is 3. The van der Waals surface area contributed by atoms with E-state index < -0.39 is 15.9 Å². The number of benzene rings is 1. The van der Waals surface area contributed by atoms with Gasteiger partial charge in [-0.1, -0.05) is 25.1 Å². The van der Waals surface area contributed by atoms with Gasteiger partial charge in [0.05, 0.1) is 5.75 Å². The monoisotopic (exact) mass is 454 g/mol. The van der Waals surface area contributed by atoms with Crippen LogP contribution in [-0.4, -0.2) is 29.1 Å². The van der Waals surface area contributed by atoms with Gasteiger partial charge in [0.25, 0.3) is 0 Å². The van der Waals surface area contributed by atoms with Crippen LogP contribution in [0.5, 0.6) is 5.75 Å². The molecule has 0 fully saturated rings. The first kappa shape index (κ1) is 21.8. The average molecular weight is 455 g/mol. The van der Waals surface area contributed by atoms with Gasteiger partial charge in [-0.05, 0) is 41.8 Å². The first-order valence-corrected chi connectivity index (χ1v) is 11.8. The Hall–Kier alpha value is -3.46. The van der Waals surface area contributed by atoms with Crippen molar-refractivity contribution in [1.29, 1.82) is 0 Å². The molecule has 7 nitrogen and oxygen atoms in total. The molecule has 9 heteroatoms. The second-order valence-corrected chi connectivity index (χ2v) is 9.06. The number of hydrogen-bond acceptors (Lipinski definition) is 6. The van der Waals surface area contributed by atoms with E-state index in [1.165, 1.54) is 6.07 Å². The lowest BCUT2D eigenvalue weighted by Gasteiger charge is -2.11. The summed E-state index contributed by atoms with van der Waals surface area (Å²) in [5.74, 6) is -0.586.